The van der Waals surface area contributed by atoms with Gasteiger partial charge in [0.15, 0.2) is 5.96 Å². The lowest BCUT2D eigenvalue weighted by molar-refractivity contribution is 0.195. The third-order valence-corrected chi connectivity index (χ3v) is 3.36. The van der Waals surface area contributed by atoms with Crippen LogP contribution in [0.4, 0.5) is 4.39 Å². The van der Waals surface area contributed by atoms with Crippen LogP contribution in [0.5, 0.6) is 0 Å². The van der Waals surface area contributed by atoms with Crippen molar-refractivity contribution >= 4 is 29.9 Å². The van der Waals surface area contributed by atoms with Gasteiger partial charge in [0.25, 0.3) is 0 Å². The maximum Gasteiger partial charge on any atom is 0.226 e. The molecule has 0 bridgehead atoms. The average molecular weight is 462 g/mol. The Kier molecular flexibility index (Phi) is 10.1. The number of ether oxygens (including phenoxy) is 1. The first kappa shape index (κ1) is 21.4. The Morgan fingerprint density at radius 2 is 1.96 bits per heavy atom. The molecule has 0 fully saturated rings. The minimum atomic E-state index is -0.279. The van der Waals surface area contributed by atoms with Gasteiger partial charge in [-0.3, -0.25) is 4.99 Å². The number of guanidine groups is 1. The van der Waals surface area contributed by atoms with Crippen molar-refractivity contribution in [3.05, 3.63) is 42.0 Å². The molecule has 0 spiro atoms. The Hall–Kier alpha value is -1.68. The van der Waals surface area contributed by atoms with E-state index in [-0.39, 0.29) is 29.8 Å². The number of hydrogen-bond donors (Lipinski definition) is 2. The lowest BCUT2D eigenvalue weighted by atomic mass is 10.2. The summed E-state index contributed by atoms with van der Waals surface area (Å²) < 4.78 is 23.4. The maximum atomic E-state index is 12.9. The van der Waals surface area contributed by atoms with Gasteiger partial charge in [0, 0.05) is 45.8 Å². The first-order valence-corrected chi connectivity index (χ1v) is 7.86. The second kappa shape index (κ2) is 11.8. The van der Waals surface area contributed by atoms with E-state index >= 15 is 0 Å². The number of aliphatic imine (C=N–C) groups is 1. The van der Waals surface area contributed by atoms with Crippen LogP contribution in [-0.4, -0.2) is 44.8 Å². The summed E-state index contributed by atoms with van der Waals surface area (Å²) >= 11 is 0. The van der Waals surface area contributed by atoms with Gasteiger partial charge < -0.3 is 19.8 Å². The summed E-state index contributed by atoms with van der Waals surface area (Å²) in [6.07, 6.45) is 3.24. The highest BCUT2D eigenvalue weighted by atomic mass is 127. The minimum absolute atomic E-state index is 0. The van der Waals surface area contributed by atoms with Crippen molar-refractivity contribution in [3.63, 3.8) is 0 Å². The van der Waals surface area contributed by atoms with Crippen molar-refractivity contribution in [1.29, 1.82) is 0 Å². The standard InChI is InChI=1S/C17H23FN4O2.HI/c1-19-17(20-9-3-11-23-2)21-10-8-15-12-24-16(22-15)13-4-6-14(18)7-5-13;/h4-7,12H,3,8-11H2,1-2H3,(H2,19,20,21);1H. The molecule has 25 heavy (non-hydrogen) atoms. The van der Waals surface area contributed by atoms with E-state index in [0.29, 0.717) is 18.9 Å². The molecule has 1 aromatic heterocycles. The van der Waals surface area contributed by atoms with Gasteiger partial charge in [-0.2, -0.15) is 0 Å². The summed E-state index contributed by atoms with van der Waals surface area (Å²) in [5.74, 6) is 0.958. The molecule has 138 valence electrons. The van der Waals surface area contributed by atoms with Crippen LogP contribution in [0.2, 0.25) is 0 Å². The predicted octanol–water partition coefficient (Wildman–Crippen LogP) is 2.84. The molecule has 2 aromatic rings. The van der Waals surface area contributed by atoms with Crippen LogP contribution in [0.3, 0.4) is 0 Å². The van der Waals surface area contributed by atoms with Crippen molar-refractivity contribution in [2.75, 3.05) is 33.9 Å². The third-order valence-electron chi connectivity index (χ3n) is 3.36. The number of halogens is 2. The fourth-order valence-electron chi connectivity index (χ4n) is 2.10. The predicted molar refractivity (Wildman–Crippen MR) is 107 cm³/mol. The minimum Gasteiger partial charge on any atom is -0.444 e. The summed E-state index contributed by atoms with van der Waals surface area (Å²) in [5.41, 5.74) is 1.59. The number of hydrogen-bond acceptors (Lipinski definition) is 4. The lowest BCUT2D eigenvalue weighted by Crippen LogP contribution is -2.39. The number of nitrogens with zero attached hydrogens (tertiary/aromatic N) is 2. The first-order chi connectivity index (χ1) is 11.7. The van der Waals surface area contributed by atoms with E-state index in [1.807, 2.05) is 0 Å². The fraction of sp³-hybridized carbons (Fsp3) is 0.412. The molecule has 0 unspecified atom stereocenters. The normalized spacial score (nSPS) is 11.1. The molecule has 6 nitrogen and oxygen atoms in total. The highest BCUT2D eigenvalue weighted by molar-refractivity contribution is 14.0. The molecule has 0 saturated carbocycles. The molecule has 8 heteroatoms. The number of benzene rings is 1. The summed E-state index contributed by atoms with van der Waals surface area (Å²) in [5, 5.41) is 6.42. The monoisotopic (exact) mass is 462 g/mol. The molecule has 1 aromatic carbocycles. The second-order valence-electron chi connectivity index (χ2n) is 5.17. The van der Waals surface area contributed by atoms with E-state index < -0.39 is 0 Å². The zero-order chi connectivity index (χ0) is 17.2. The first-order valence-electron chi connectivity index (χ1n) is 7.86. The maximum absolute atomic E-state index is 12.9. The van der Waals surface area contributed by atoms with Crippen molar-refractivity contribution in [1.82, 2.24) is 15.6 Å². The average Bonchev–Trinajstić information content (AvgIpc) is 3.06. The van der Waals surface area contributed by atoms with Crippen LogP contribution in [-0.2, 0) is 11.2 Å². The largest absolute Gasteiger partial charge is 0.444 e. The van der Waals surface area contributed by atoms with Crippen LogP contribution in [0.1, 0.15) is 12.1 Å². The van der Waals surface area contributed by atoms with Crippen molar-refractivity contribution in [2.45, 2.75) is 12.8 Å². The summed E-state index contributed by atoms with van der Waals surface area (Å²) in [6.45, 7) is 2.20. The summed E-state index contributed by atoms with van der Waals surface area (Å²) in [4.78, 5) is 8.57. The molecule has 0 aliphatic carbocycles. The third kappa shape index (κ3) is 7.39. The molecule has 0 saturated heterocycles. The lowest BCUT2D eigenvalue weighted by Gasteiger charge is -2.10. The van der Waals surface area contributed by atoms with Gasteiger partial charge in [-0.15, -0.1) is 24.0 Å². The van der Waals surface area contributed by atoms with Gasteiger partial charge in [-0.05, 0) is 30.7 Å². The van der Waals surface area contributed by atoms with E-state index in [4.69, 9.17) is 9.15 Å². The SMILES string of the molecule is CN=C(NCCCOC)NCCc1coc(-c2ccc(F)cc2)n1.I. The Morgan fingerprint density at radius 3 is 2.64 bits per heavy atom. The molecule has 1 heterocycles. The Morgan fingerprint density at radius 1 is 1.24 bits per heavy atom. The van der Waals surface area contributed by atoms with Crippen LogP contribution < -0.4 is 10.6 Å². The smallest absolute Gasteiger partial charge is 0.226 e. The van der Waals surface area contributed by atoms with Crippen LogP contribution in [0.15, 0.2) is 39.9 Å². The van der Waals surface area contributed by atoms with E-state index in [1.165, 1.54) is 12.1 Å². The van der Waals surface area contributed by atoms with Crippen LogP contribution in [0.25, 0.3) is 11.5 Å². The van der Waals surface area contributed by atoms with Gasteiger partial charge in [0.2, 0.25) is 5.89 Å². The second-order valence-corrected chi connectivity index (χ2v) is 5.17. The van der Waals surface area contributed by atoms with Gasteiger partial charge in [-0.1, -0.05) is 0 Å². The van der Waals surface area contributed by atoms with E-state index in [2.05, 4.69) is 20.6 Å². The Labute approximate surface area is 164 Å². The van der Waals surface area contributed by atoms with E-state index in [0.717, 1.165) is 36.8 Å². The van der Waals surface area contributed by atoms with Crippen molar-refractivity contribution in [2.24, 2.45) is 4.99 Å². The molecule has 0 radical (unpaired) electrons. The number of nitrogens with one attached hydrogen (secondary N) is 2. The molecule has 2 rings (SSSR count). The number of rotatable bonds is 8. The Bertz CT molecular complexity index is 646. The fourth-order valence-corrected chi connectivity index (χ4v) is 2.10. The van der Waals surface area contributed by atoms with Crippen LogP contribution in [0, 0.1) is 5.82 Å². The topological polar surface area (TPSA) is 71.7 Å². The Balaban J connectivity index is 0.00000312. The highest BCUT2D eigenvalue weighted by Crippen LogP contribution is 2.18. The molecule has 0 amide bonds. The highest BCUT2D eigenvalue weighted by Gasteiger charge is 2.07. The van der Waals surface area contributed by atoms with Crippen LogP contribution >= 0.6 is 24.0 Å². The van der Waals surface area contributed by atoms with Gasteiger partial charge >= 0.3 is 0 Å². The van der Waals surface area contributed by atoms with Gasteiger partial charge in [0.05, 0.1) is 5.69 Å². The summed E-state index contributed by atoms with van der Waals surface area (Å²) in [7, 11) is 3.42. The van der Waals surface area contributed by atoms with E-state index in [9.17, 15) is 4.39 Å². The zero-order valence-corrected chi connectivity index (χ0v) is 16.7. The molecular formula is C17H24FIN4O2. The van der Waals surface area contributed by atoms with Gasteiger partial charge in [0.1, 0.15) is 12.1 Å². The number of aromatic nitrogens is 1. The van der Waals surface area contributed by atoms with Crippen molar-refractivity contribution in [3.8, 4) is 11.5 Å². The zero-order valence-electron chi connectivity index (χ0n) is 14.4. The molecule has 0 aliphatic rings. The number of methoxy groups -OCH3 is 1. The molecule has 0 atom stereocenters. The van der Waals surface area contributed by atoms with E-state index in [1.54, 1.807) is 32.6 Å². The summed E-state index contributed by atoms with van der Waals surface area (Å²) in [6, 6.07) is 6.07. The molecular weight excluding hydrogens is 438 g/mol. The van der Waals surface area contributed by atoms with Crippen molar-refractivity contribution < 1.29 is 13.5 Å². The molecule has 0 aliphatic heterocycles. The van der Waals surface area contributed by atoms with Gasteiger partial charge in [-0.25, -0.2) is 9.37 Å². The quantitative estimate of drug-likeness (QED) is 0.273. The molecule has 2 N–H and O–H groups in total. The number of oxazole rings is 1.